The van der Waals surface area contributed by atoms with Gasteiger partial charge in [-0.3, -0.25) is 4.79 Å². The lowest BCUT2D eigenvalue weighted by Gasteiger charge is -2.19. The standard InChI is InChI=1S/C19H22F2N2O2/c1-3-23(4-2)11-12-25-18-8-6-5-7-17(18)22-19(24)15-13-14(20)9-10-16(15)21/h5-10,13H,3-4,11-12H2,1-2H3,(H,22,24). The summed E-state index contributed by atoms with van der Waals surface area (Å²) >= 11 is 0. The van der Waals surface area contributed by atoms with Crippen LogP contribution in [0.5, 0.6) is 5.75 Å². The van der Waals surface area contributed by atoms with Crippen molar-refractivity contribution in [1.29, 1.82) is 0 Å². The smallest absolute Gasteiger partial charge is 0.258 e. The third kappa shape index (κ3) is 5.26. The maximum absolute atomic E-state index is 13.7. The van der Waals surface area contributed by atoms with Crippen molar-refractivity contribution in [3.8, 4) is 5.75 Å². The molecule has 0 aliphatic carbocycles. The molecule has 0 spiro atoms. The van der Waals surface area contributed by atoms with Gasteiger partial charge in [0.25, 0.3) is 5.91 Å². The molecule has 0 aliphatic heterocycles. The molecule has 0 unspecified atom stereocenters. The van der Waals surface area contributed by atoms with Crippen molar-refractivity contribution in [3.63, 3.8) is 0 Å². The van der Waals surface area contributed by atoms with Crippen LogP contribution in [0.2, 0.25) is 0 Å². The van der Waals surface area contributed by atoms with Gasteiger partial charge in [0.15, 0.2) is 0 Å². The van der Waals surface area contributed by atoms with Crippen molar-refractivity contribution in [3.05, 3.63) is 59.7 Å². The summed E-state index contributed by atoms with van der Waals surface area (Å²) < 4.78 is 32.7. The number of para-hydroxylation sites is 2. The SMILES string of the molecule is CCN(CC)CCOc1ccccc1NC(=O)c1cc(F)ccc1F. The van der Waals surface area contributed by atoms with Gasteiger partial charge in [0.05, 0.1) is 11.3 Å². The van der Waals surface area contributed by atoms with Gasteiger partial charge in [-0.2, -0.15) is 0 Å². The van der Waals surface area contributed by atoms with Crippen LogP contribution < -0.4 is 10.1 Å². The first-order valence-corrected chi connectivity index (χ1v) is 8.25. The second-order valence-corrected chi connectivity index (χ2v) is 5.45. The predicted octanol–water partition coefficient (Wildman–Crippen LogP) is 3.94. The Bertz CT molecular complexity index is 718. The van der Waals surface area contributed by atoms with Crippen molar-refractivity contribution in [2.24, 2.45) is 0 Å². The average Bonchev–Trinajstić information content (AvgIpc) is 2.62. The lowest BCUT2D eigenvalue weighted by molar-refractivity contribution is 0.102. The van der Waals surface area contributed by atoms with E-state index in [4.69, 9.17) is 4.74 Å². The van der Waals surface area contributed by atoms with E-state index in [0.29, 0.717) is 18.0 Å². The number of anilines is 1. The van der Waals surface area contributed by atoms with Crippen molar-refractivity contribution in [2.45, 2.75) is 13.8 Å². The molecule has 134 valence electrons. The minimum atomic E-state index is -0.779. The summed E-state index contributed by atoms with van der Waals surface area (Å²) in [4.78, 5) is 14.4. The third-order valence-corrected chi connectivity index (χ3v) is 3.87. The van der Waals surface area contributed by atoms with Crippen molar-refractivity contribution in [2.75, 3.05) is 31.6 Å². The highest BCUT2D eigenvalue weighted by atomic mass is 19.1. The molecular weight excluding hydrogens is 326 g/mol. The van der Waals surface area contributed by atoms with Gasteiger partial charge in [0.2, 0.25) is 0 Å². The number of ether oxygens (including phenoxy) is 1. The Morgan fingerprint density at radius 1 is 1.12 bits per heavy atom. The fourth-order valence-electron chi connectivity index (χ4n) is 2.38. The number of hydrogen-bond donors (Lipinski definition) is 1. The van der Waals surface area contributed by atoms with Gasteiger partial charge >= 0.3 is 0 Å². The van der Waals surface area contributed by atoms with Gasteiger partial charge in [-0.25, -0.2) is 8.78 Å². The number of hydrogen-bond acceptors (Lipinski definition) is 3. The molecule has 6 heteroatoms. The number of likely N-dealkylation sites (N-methyl/N-ethyl adjacent to an activating group) is 1. The predicted molar refractivity (Wildman–Crippen MR) is 94.0 cm³/mol. The highest BCUT2D eigenvalue weighted by molar-refractivity contribution is 6.05. The Hall–Kier alpha value is -2.47. The molecule has 0 atom stereocenters. The second kappa shape index (κ2) is 9.13. The van der Waals surface area contributed by atoms with Gasteiger partial charge < -0.3 is 15.0 Å². The van der Waals surface area contributed by atoms with Crippen LogP contribution in [0.3, 0.4) is 0 Å². The highest BCUT2D eigenvalue weighted by Gasteiger charge is 2.15. The van der Waals surface area contributed by atoms with Crippen LogP contribution in [0.4, 0.5) is 14.5 Å². The van der Waals surface area contributed by atoms with E-state index in [1.54, 1.807) is 24.3 Å². The van der Waals surface area contributed by atoms with Crippen molar-refractivity contribution < 1.29 is 18.3 Å². The number of nitrogens with zero attached hydrogens (tertiary/aromatic N) is 1. The van der Waals surface area contributed by atoms with Crippen LogP contribution in [0.1, 0.15) is 24.2 Å². The fourth-order valence-corrected chi connectivity index (χ4v) is 2.38. The minimum Gasteiger partial charge on any atom is -0.490 e. The molecule has 25 heavy (non-hydrogen) atoms. The lowest BCUT2D eigenvalue weighted by Crippen LogP contribution is -2.28. The van der Waals surface area contributed by atoms with E-state index in [0.717, 1.165) is 37.8 Å². The first-order valence-electron chi connectivity index (χ1n) is 8.25. The van der Waals surface area contributed by atoms with E-state index in [-0.39, 0.29) is 5.56 Å². The van der Waals surface area contributed by atoms with Crippen LogP contribution >= 0.6 is 0 Å². The Kier molecular flexibility index (Phi) is 6.89. The van der Waals surface area contributed by atoms with Crippen molar-refractivity contribution in [1.82, 2.24) is 4.90 Å². The summed E-state index contributed by atoms with van der Waals surface area (Å²) in [5.41, 5.74) is 0.0636. The van der Waals surface area contributed by atoms with Gasteiger partial charge in [-0.15, -0.1) is 0 Å². The van der Waals surface area contributed by atoms with E-state index in [1.807, 2.05) is 0 Å². The highest BCUT2D eigenvalue weighted by Crippen LogP contribution is 2.25. The molecule has 1 amide bonds. The first-order chi connectivity index (χ1) is 12.0. The molecule has 0 fully saturated rings. The molecule has 2 aromatic rings. The monoisotopic (exact) mass is 348 g/mol. The summed E-state index contributed by atoms with van der Waals surface area (Å²) in [6.45, 7) is 7.22. The third-order valence-electron chi connectivity index (χ3n) is 3.87. The number of carbonyl (C=O) groups excluding carboxylic acids is 1. The topological polar surface area (TPSA) is 41.6 Å². The van der Waals surface area contributed by atoms with Crippen LogP contribution in [0, 0.1) is 11.6 Å². The molecule has 2 aromatic carbocycles. The van der Waals surface area contributed by atoms with Crippen LogP contribution in [-0.2, 0) is 0 Å². The van der Waals surface area contributed by atoms with Crippen LogP contribution in [0.15, 0.2) is 42.5 Å². The molecule has 0 aromatic heterocycles. The summed E-state index contributed by atoms with van der Waals surface area (Å²) in [5.74, 6) is -1.69. The zero-order chi connectivity index (χ0) is 18.2. The molecular formula is C19H22F2N2O2. The normalized spacial score (nSPS) is 10.8. The number of rotatable bonds is 8. The van der Waals surface area contributed by atoms with Gasteiger partial charge in [-0.1, -0.05) is 26.0 Å². The van der Waals surface area contributed by atoms with E-state index in [2.05, 4.69) is 24.1 Å². The van der Waals surface area contributed by atoms with E-state index in [9.17, 15) is 13.6 Å². The molecule has 0 bridgehead atoms. The van der Waals surface area contributed by atoms with Gasteiger partial charge in [0, 0.05) is 6.54 Å². The Morgan fingerprint density at radius 2 is 1.84 bits per heavy atom. The number of benzene rings is 2. The van der Waals surface area contributed by atoms with E-state index in [1.165, 1.54) is 0 Å². The zero-order valence-electron chi connectivity index (χ0n) is 14.4. The summed E-state index contributed by atoms with van der Waals surface area (Å²) in [6, 6.07) is 9.66. The number of carbonyl (C=O) groups is 1. The Balaban J connectivity index is 2.07. The maximum Gasteiger partial charge on any atom is 0.258 e. The van der Waals surface area contributed by atoms with Crippen molar-refractivity contribution >= 4 is 11.6 Å². The lowest BCUT2D eigenvalue weighted by atomic mass is 10.2. The first kappa shape index (κ1) is 18.9. The van der Waals surface area contributed by atoms with Crippen LogP contribution in [-0.4, -0.2) is 37.0 Å². The summed E-state index contributed by atoms with van der Waals surface area (Å²) in [7, 11) is 0. The molecule has 2 rings (SSSR count). The molecule has 0 heterocycles. The number of halogens is 2. The molecule has 0 saturated carbocycles. The second-order valence-electron chi connectivity index (χ2n) is 5.45. The summed E-state index contributed by atoms with van der Waals surface area (Å²) in [6.07, 6.45) is 0. The largest absolute Gasteiger partial charge is 0.490 e. The minimum absolute atomic E-state index is 0.349. The molecule has 4 nitrogen and oxygen atoms in total. The number of nitrogens with one attached hydrogen (secondary N) is 1. The zero-order valence-corrected chi connectivity index (χ0v) is 14.4. The van der Waals surface area contributed by atoms with Crippen LogP contribution in [0.25, 0.3) is 0 Å². The van der Waals surface area contributed by atoms with Gasteiger partial charge in [0.1, 0.15) is 24.0 Å². The average molecular weight is 348 g/mol. The molecule has 1 N–H and O–H groups in total. The van der Waals surface area contributed by atoms with Gasteiger partial charge in [-0.05, 0) is 43.4 Å². The maximum atomic E-state index is 13.7. The van der Waals surface area contributed by atoms with E-state index < -0.39 is 17.5 Å². The molecule has 0 radical (unpaired) electrons. The quantitative estimate of drug-likeness (QED) is 0.786. The Morgan fingerprint density at radius 3 is 2.56 bits per heavy atom. The van der Waals surface area contributed by atoms with E-state index >= 15 is 0 Å². The summed E-state index contributed by atoms with van der Waals surface area (Å²) in [5, 5.41) is 2.58. The molecule has 0 saturated heterocycles. The Labute approximate surface area is 146 Å². The molecule has 0 aliphatic rings. The number of amides is 1. The fraction of sp³-hybridized carbons (Fsp3) is 0.316.